The molecule has 0 aromatic carbocycles. The minimum atomic E-state index is -2.07. The number of rotatable bonds is 3. The first kappa shape index (κ1) is 16.8. The van der Waals surface area contributed by atoms with Crippen LogP contribution in [0, 0.1) is 6.92 Å². The molecule has 112 valence electrons. The molecule has 0 saturated heterocycles. The largest absolute Gasteiger partial charge is 0.347 e. The van der Waals surface area contributed by atoms with Gasteiger partial charge in [-0.05, 0) is 23.9 Å². The Bertz CT molecular complexity index is 727. The zero-order valence-corrected chi connectivity index (χ0v) is 14.8. The van der Waals surface area contributed by atoms with Crippen LogP contribution in [0.15, 0.2) is 17.6 Å². The van der Waals surface area contributed by atoms with Crippen molar-refractivity contribution in [3.63, 3.8) is 0 Å². The van der Waals surface area contributed by atoms with Gasteiger partial charge in [0.05, 0.1) is 15.6 Å². The summed E-state index contributed by atoms with van der Waals surface area (Å²) in [6.45, 7) is 1.82. The Kier molecular flexibility index (Phi) is 4.76. The predicted molar refractivity (Wildman–Crippen MR) is 87.5 cm³/mol. The maximum absolute atomic E-state index is 12.4. The van der Waals surface area contributed by atoms with Gasteiger partial charge in [-0.25, -0.2) is 0 Å². The van der Waals surface area contributed by atoms with Gasteiger partial charge in [-0.3, -0.25) is 9.59 Å². The van der Waals surface area contributed by atoms with Crippen LogP contribution in [0.4, 0.5) is 0 Å². The quantitative estimate of drug-likeness (QED) is 0.561. The highest BCUT2D eigenvalue weighted by molar-refractivity contribution is 7.13. The Balaban J connectivity index is 2.42. The number of hydrogen-bond donors (Lipinski definition) is 0. The summed E-state index contributed by atoms with van der Waals surface area (Å²) in [7, 11) is 1.60. The minimum absolute atomic E-state index is 0.141. The van der Waals surface area contributed by atoms with Gasteiger partial charge in [-0.1, -0.05) is 46.4 Å². The molecule has 0 amide bonds. The molecule has 21 heavy (non-hydrogen) atoms. The average molecular weight is 385 g/mol. The minimum Gasteiger partial charge on any atom is -0.347 e. The number of hydrogen-bond acceptors (Lipinski definition) is 3. The van der Waals surface area contributed by atoms with E-state index in [1.807, 2.05) is 6.92 Å². The summed E-state index contributed by atoms with van der Waals surface area (Å²) in [6, 6.07) is 1.40. The lowest BCUT2D eigenvalue weighted by molar-refractivity contribution is 0.0988. The first-order valence-corrected chi connectivity index (χ1v) is 8.08. The van der Waals surface area contributed by atoms with E-state index in [-0.39, 0.29) is 11.5 Å². The van der Waals surface area contributed by atoms with Crippen LogP contribution in [0.5, 0.6) is 0 Å². The van der Waals surface area contributed by atoms with Gasteiger partial charge in [0.15, 0.2) is 0 Å². The molecule has 0 saturated carbocycles. The number of nitrogens with zero attached hydrogens (tertiary/aromatic N) is 1. The zero-order chi connectivity index (χ0) is 15.9. The average Bonchev–Trinajstić information content (AvgIpc) is 2.92. The number of aryl methyl sites for hydroxylation is 2. The normalized spacial score (nSPS) is 11.7. The van der Waals surface area contributed by atoms with Crippen molar-refractivity contribution in [1.29, 1.82) is 0 Å². The summed E-state index contributed by atoms with van der Waals surface area (Å²) in [5.74, 6) is -0.959. The molecule has 2 aromatic heterocycles. The number of alkyl halides is 3. The van der Waals surface area contributed by atoms with Crippen LogP contribution in [-0.2, 0) is 7.05 Å². The highest BCUT2D eigenvalue weighted by Crippen LogP contribution is 2.32. The molecular formula is C13H9Cl4NO2S. The van der Waals surface area contributed by atoms with Crippen LogP contribution in [-0.4, -0.2) is 19.9 Å². The van der Waals surface area contributed by atoms with E-state index in [1.165, 1.54) is 28.2 Å². The van der Waals surface area contributed by atoms with Crippen LogP contribution in [0.1, 0.15) is 31.3 Å². The fraction of sp³-hybridized carbons (Fsp3) is 0.231. The third kappa shape index (κ3) is 3.30. The lowest BCUT2D eigenvalue weighted by Gasteiger charge is -2.09. The van der Waals surface area contributed by atoms with Gasteiger partial charge >= 0.3 is 0 Å². The third-order valence-corrected chi connectivity index (χ3v) is 5.07. The molecule has 2 rings (SSSR count). The number of aromatic nitrogens is 1. The Morgan fingerprint density at radius 3 is 2.38 bits per heavy atom. The number of thiophene rings is 1. The number of halogens is 4. The monoisotopic (exact) mass is 383 g/mol. The number of ketones is 2. The van der Waals surface area contributed by atoms with Gasteiger partial charge in [0.25, 0.3) is 3.79 Å². The van der Waals surface area contributed by atoms with Gasteiger partial charge in [-0.2, -0.15) is 0 Å². The van der Waals surface area contributed by atoms with Crippen molar-refractivity contribution >= 4 is 69.3 Å². The van der Waals surface area contributed by atoms with Crippen molar-refractivity contribution in [1.82, 2.24) is 4.57 Å². The third-order valence-electron chi connectivity index (χ3n) is 2.86. The Hall–Kier alpha value is -0.520. The van der Waals surface area contributed by atoms with Crippen molar-refractivity contribution in [2.24, 2.45) is 7.05 Å². The second kappa shape index (κ2) is 5.94. The van der Waals surface area contributed by atoms with E-state index < -0.39 is 9.58 Å². The van der Waals surface area contributed by atoms with Crippen LogP contribution in [0.2, 0.25) is 5.02 Å². The lowest BCUT2D eigenvalue weighted by atomic mass is 10.1. The number of carbonyl (C=O) groups excluding carboxylic acids is 2. The molecule has 0 fully saturated rings. The highest BCUT2D eigenvalue weighted by Gasteiger charge is 2.34. The Morgan fingerprint density at radius 2 is 1.90 bits per heavy atom. The predicted octanol–water partition coefficient (Wildman–Crippen LogP) is 4.83. The molecule has 0 bridgehead atoms. The molecule has 0 spiro atoms. The molecule has 8 heteroatoms. The van der Waals surface area contributed by atoms with E-state index >= 15 is 0 Å². The van der Waals surface area contributed by atoms with Gasteiger partial charge in [0.2, 0.25) is 11.6 Å². The van der Waals surface area contributed by atoms with E-state index in [0.717, 1.165) is 5.56 Å². The summed E-state index contributed by atoms with van der Waals surface area (Å²) in [5.41, 5.74) is 1.29. The van der Waals surface area contributed by atoms with Gasteiger partial charge < -0.3 is 4.57 Å². The summed E-state index contributed by atoms with van der Waals surface area (Å²) in [5, 5.41) is 2.22. The molecule has 0 N–H and O–H groups in total. The zero-order valence-electron chi connectivity index (χ0n) is 10.9. The van der Waals surface area contributed by atoms with Crippen molar-refractivity contribution in [3.05, 3.63) is 44.4 Å². The smallest absolute Gasteiger partial charge is 0.255 e. The summed E-state index contributed by atoms with van der Waals surface area (Å²) in [6.07, 6.45) is 1.51. The van der Waals surface area contributed by atoms with Gasteiger partial charge in [0, 0.05) is 18.8 Å². The standard InChI is InChI=1S/C13H9Cl4NO2S/c1-6-5-21-11(9(6)14)10(19)7-3-8(18(2)4-7)12(20)13(15,16)17/h3-5H,1-2H3. The van der Waals surface area contributed by atoms with Crippen molar-refractivity contribution in [2.45, 2.75) is 10.7 Å². The molecule has 0 aliphatic heterocycles. The lowest BCUT2D eigenvalue weighted by Crippen LogP contribution is -2.21. The summed E-state index contributed by atoms with van der Waals surface area (Å²) in [4.78, 5) is 24.8. The maximum atomic E-state index is 12.4. The molecule has 0 unspecified atom stereocenters. The van der Waals surface area contributed by atoms with Crippen LogP contribution < -0.4 is 0 Å². The fourth-order valence-electron chi connectivity index (χ4n) is 1.77. The molecule has 3 nitrogen and oxygen atoms in total. The Labute approximate surface area is 145 Å². The molecule has 2 aromatic rings. The van der Waals surface area contributed by atoms with Crippen molar-refractivity contribution < 1.29 is 9.59 Å². The number of Topliss-reactive ketones (excluding diaryl/α,β-unsaturated/α-hetero) is 1. The van der Waals surface area contributed by atoms with E-state index in [1.54, 1.807) is 12.4 Å². The summed E-state index contributed by atoms with van der Waals surface area (Å²) >= 11 is 24.1. The second-order valence-corrected chi connectivity index (χ2v) is 7.98. The molecule has 0 atom stereocenters. The highest BCUT2D eigenvalue weighted by atomic mass is 35.6. The van der Waals surface area contributed by atoms with Gasteiger partial charge in [-0.15, -0.1) is 11.3 Å². The van der Waals surface area contributed by atoms with Crippen LogP contribution in [0.25, 0.3) is 0 Å². The fourth-order valence-corrected chi connectivity index (χ4v) is 3.30. The maximum Gasteiger partial charge on any atom is 0.255 e. The molecule has 0 aliphatic carbocycles. The summed E-state index contributed by atoms with van der Waals surface area (Å²) < 4.78 is -0.616. The van der Waals surface area contributed by atoms with E-state index in [9.17, 15) is 9.59 Å². The van der Waals surface area contributed by atoms with Crippen molar-refractivity contribution in [3.8, 4) is 0 Å². The molecule has 0 radical (unpaired) electrons. The molecule has 0 aliphatic rings. The molecular weight excluding hydrogens is 376 g/mol. The first-order chi connectivity index (χ1) is 9.62. The first-order valence-electron chi connectivity index (χ1n) is 5.69. The topological polar surface area (TPSA) is 39.1 Å². The van der Waals surface area contributed by atoms with Crippen molar-refractivity contribution in [2.75, 3.05) is 0 Å². The number of carbonyl (C=O) groups is 2. The van der Waals surface area contributed by atoms with Gasteiger partial charge in [0.1, 0.15) is 0 Å². The van der Waals surface area contributed by atoms with E-state index in [4.69, 9.17) is 46.4 Å². The second-order valence-electron chi connectivity index (χ2n) is 4.44. The van der Waals surface area contributed by atoms with Crippen LogP contribution in [0.3, 0.4) is 0 Å². The SMILES string of the molecule is Cc1csc(C(=O)c2cc(C(=O)C(Cl)(Cl)Cl)n(C)c2)c1Cl. The molecule has 2 heterocycles. The Morgan fingerprint density at radius 1 is 1.29 bits per heavy atom. The van der Waals surface area contributed by atoms with E-state index in [0.29, 0.717) is 15.5 Å². The van der Waals surface area contributed by atoms with Crippen LogP contribution >= 0.6 is 57.7 Å². The van der Waals surface area contributed by atoms with E-state index in [2.05, 4.69) is 0 Å².